The predicted molar refractivity (Wildman–Crippen MR) is 152 cm³/mol. The third kappa shape index (κ3) is 6.28. The number of carbonyl (C=O) groups is 2. The number of amides is 2. The summed E-state index contributed by atoms with van der Waals surface area (Å²) in [5.74, 6) is 0.468. The second-order valence-electron chi connectivity index (χ2n) is 12.2. The van der Waals surface area contributed by atoms with Gasteiger partial charge in [0.25, 0.3) is 0 Å². The first-order valence-electron chi connectivity index (χ1n) is 14.0. The Balaban J connectivity index is 1.42. The van der Waals surface area contributed by atoms with Gasteiger partial charge in [-0.05, 0) is 39.2 Å². The van der Waals surface area contributed by atoms with Crippen LogP contribution >= 0.6 is 0 Å². The summed E-state index contributed by atoms with van der Waals surface area (Å²) in [6.07, 6.45) is 2.19. The van der Waals surface area contributed by atoms with Crippen molar-refractivity contribution in [1.29, 1.82) is 5.26 Å². The quantitative estimate of drug-likeness (QED) is 0.470. The number of aromatic nitrogens is 2. The second-order valence-corrected chi connectivity index (χ2v) is 14.1. The molecule has 1 saturated heterocycles. The molecule has 42 heavy (non-hydrogen) atoms. The maximum absolute atomic E-state index is 13.2. The molecule has 224 valence electrons. The molecule has 12 nitrogen and oxygen atoms in total. The van der Waals surface area contributed by atoms with Crippen LogP contribution in [0, 0.1) is 11.3 Å². The van der Waals surface area contributed by atoms with Crippen LogP contribution in [0.4, 0.5) is 15.4 Å². The molecule has 2 aliphatic heterocycles. The smallest absolute Gasteiger partial charge is 0.411 e. The van der Waals surface area contributed by atoms with Gasteiger partial charge >= 0.3 is 12.2 Å². The Morgan fingerprint density at radius 3 is 2.45 bits per heavy atom. The Hall–Kier alpha value is -3.92. The number of nitrogens with zero attached hydrogens (tertiary/aromatic N) is 6. The monoisotopic (exact) mass is 596 g/mol. The number of piperazine rings is 1. The van der Waals surface area contributed by atoms with E-state index in [1.54, 1.807) is 30.6 Å². The Morgan fingerprint density at radius 1 is 1.12 bits per heavy atom. The molecule has 1 saturated carbocycles. The summed E-state index contributed by atoms with van der Waals surface area (Å²) in [7, 11) is -3.78. The minimum atomic E-state index is -3.78. The Morgan fingerprint density at radius 2 is 1.83 bits per heavy atom. The lowest BCUT2D eigenvalue weighted by molar-refractivity contribution is 0.00775. The van der Waals surface area contributed by atoms with Gasteiger partial charge in [0.05, 0.1) is 36.3 Å². The third-order valence-corrected chi connectivity index (χ3v) is 8.60. The van der Waals surface area contributed by atoms with Crippen molar-refractivity contribution in [3.8, 4) is 6.07 Å². The first kappa shape index (κ1) is 29.6. The topological polar surface area (TPSA) is 146 Å². The van der Waals surface area contributed by atoms with Crippen LogP contribution in [0.2, 0.25) is 0 Å². The van der Waals surface area contributed by atoms with E-state index in [0.29, 0.717) is 24.5 Å². The molecule has 1 aliphatic carbocycles. The standard InChI is InChI=1S/C29H36N6O6S/c1-28(2,3)41-27(37)35-18-23-22(16-29(35)11-12-29)24(32-25(31-23)42(4,38)39)33-14-15-34(21(17-33)10-13-30)26(36)40-19-20-8-6-5-7-9-20/h5-9,21H,10-12,14-19H2,1-4H3/t21-/m0/s1. The molecule has 1 atom stereocenters. The van der Waals surface area contributed by atoms with Crippen LogP contribution in [0.1, 0.15) is 56.9 Å². The zero-order valence-corrected chi connectivity index (χ0v) is 25.2. The highest BCUT2D eigenvalue weighted by Gasteiger charge is 2.55. The number of hydrogen-bond acceptors (Lipinski definition) is 10. The number of ether oxygens (including phenoxy) is 2. The number of anilines is 1. The number of sulfone groups is 1. The zero-order chi connectivity index (χ0) is 30.3. The fourth-order valence-corrected chi connectivity index (χ4v) is 6.04. The van der Waals surface area contributed by atoms with Gasteiger partial charge in [0, 0.05) is 37.9 Å². The van der Waals surface area contributed by atoms with Gasteiger partial charge in [-0.15, -0.1) is 0 Å². The normalized spacial score (nSPS) is 19.6. The first-order valence-corrected chi connectivity index (χ1v) is 15.9. The summed E-state index contributed by atoms with van der Waals surface area (Å²) >= 11 is 0. The van der Waals surface area contributed by atoms with Crippen molar-refractivity contribution >= 4 is 27.8 Å². The first-order chi connectivity index (χ1) is 19.8. The Bertz CT molecular complexity index is 1510. The van der Waals surface area contributed by atoms with Crippen LogP contribution in [-0.2, 0) is 38.9 Å². The molecule has 0 N–H and O–H groups in total. The maximum Gasteiger partial charge on any atom is 0.411 e. The van der Waals surface area contributed by atoms with Gasteiger partial charge in [0.1, 0.15) is 18.0 Å². The largest absolute Gasteiger partial charge is 0.445 e. The molecule has 1 aromatic carbocycles. The number of benzene rings is 1. The fourth-order valence-electron chi connectivity index (χ4n) is 5.51. The summed E-state index contributed by atoms with van der Waals surface area (Å²) in [6.45, 7) is 6.53. The van der Waals surface area contributed by atoms with Crippen molar-refractivity contribution in [1.82, 2.24) is 19.8 Å². The average molecular weight is 597 g/mol. The van der Waals surface area contributed by atoms with E-state index < -0.39 is 39.2 Å². The predicted octanol–water partition coefficient (Wildman–Crippen LogP) is 3.45. The molecule has 0 bridgehead atoms. The van der Waals surface area contributed by atoms with E-state index in [0.717, 1.165) is 30.2 Å². The van der Waals surface area contributed by atoms with Crippen LogP contribution in [0.3, 0.4) is 0 Å². The zero-order valence-electron chi connectivity index (χ0n) is 24.4. The van der Waals surface area contributed by atoms with Crippen LogP contribution in [0.25, 0.3) is 0 Å². The van der Waals surface area contributed by atoms with Crippen LogP contribution in [0.15, 0.2) is 35.5 Å². The van der Waals surface area contributed by atoms with E-state index in [1.807, 2.05) is 35.2 Å². The van der Waals surface area contributed by atoms with Crippen molar-refractivity contribution in [2.24, 2.45) is 0 Å². The highest BCUT2D eigenvalue weighted by Crippen LogP contribution is 2.50. The van der Waals surface area contributed by atoms with E-state index in [-0.39, 0.29) is 37.8 Å². The number of nitriles is 1. The molecule has 2 fully saturated rings. The van der Waals surface area contributed by atoms with Crippen LogP contribution < -0.4 is 4.90 Å². The minimum absolute atomic E-state index is 0.0690. The molecule has 1 spiro atoms. The highest BCUT2D eigenvalue weighted by atomic mass is 32.2. The summed E-state index contributed by atoms with van der Waals surface area (Å²) in [4.78, 5) is 40.3. The Kier molecular flexibility index (Phi) is 7.78. The van der Waals surface area contributed by atoms with Gasteiger partial charge in [-0.2, -0.15) is 5.26 Å². The second kappa shape index (κ2) is 11.1. The molecule has 0 radical (unpaired) electrons. The number of hydrogen-bond donors (Lipinski definition) is 0. The third-order valence-electron chi connectivity index (χ3n) is 7.76. The number of rotatable bonds is 5. The van der Waals surface area contributed by atoms with Crippen LogP contribution in [-0.4, -0.2) is 83.4 Å². The molecular weight excluding hydrogens is 560 g/mol. The molecular formula is C29H36N6O6S. The summed E-state index contributed by atoms with van der Waals surface area (Å²) in [6, 6.07) is 11.0. The van der Waals surface area contributed by atoms with Crippen molar-refractivity contribution in [2.45, 2.75) is 81.9 Å². The lowest BCUT2D eigenvalue weighted by atomic mass is 9.95. The molecule has 1 aromatic heterocycles. The molecule has 2 amide bonds. The van der Waals surface area contributed by atoms with Gasteiger partial charge in [-0.25, -0.2) is 28.0 Å². The van der Waals surface area contributed by atoms with Gasteiger partial charge in [0.2, 0.25) is 15.0 Å². The van der Waals surface area contributed by atoms with E-state index in [4.69, 9.17) is 9.47 Å². The minimum Gasteiger partial charge on any atom is -0.445 e. The van der Waals surface area contributed by atoms with Crippen molar-refractivity contribution in [3.63, 3.8) is 0 Å². The van der Waals surface area contributed by atoms with Gasteiger partial charge < -0.3 is 19.3 Å². The summed E-state index contributed by atoms with van der Waals surface area (Å²) < 4.78 is 36.5. The molecule has 5 rings (SSSR count). The van der Waals surface area contributed by atoms with E-state index >= 15 is 0 Å². The lowest BCUT2D eigenvalue weighted by Gasteiger charge is -2.43. The van der Waals surface area contributed by atoms with Crippen molar-refractivity contribution < 1.29 is 27.5 Å². The molecule has 3 heterocycles. The number of fused-ring (bicyclic) bond motifs is 1. The highest BCUT2D eigenvalue weighted by molar-refractivity contribution is 7.90. The summed E-state index contributed by atoms with van der Waals surface area (Å²) in [5, 5.41) is 9.24. The van der Waals surface area contributed by atoms with Gasteiger partial charge in [-0.1, -0.05) is 30.3 Å². The van der Waals surface area contributed by atoms with Crippen molar-refractivity contribution in [3.05, 3.63) is 47.2 Å². The van der Waals surface area contributed by atoms with E-state index in [1.165, 1.54) is 0 Å². The van der Waals surface area contributed by atoms with E-state index in [2.05, 4.69) is 16.0 Å². The van der Waals surface area contributed by atoms with E-state index in [9.17, 15) is 23.3 Å². The SMILES string of the molecule is CC(C)(C)OC(=O)N1Cc2nc(S(C)(=O)=O)nc(N3CCN(C(=O)OCc4ccccc4)[C@@H](CC#N)C3)c2CC12CC2. The van der Waals surface area contributed by atoms with Gasteiger partial charge in [0.15, 0.2) is 0 Å². The van der Waals surface area contributed by atoms with Gasteiger partial charge in [-0.3, -0.25) is 4.90 Å². The summed E-state index contributed by atoms with van der Waals surface area (Å²) in [5.41, 5.74) is 0.993. The lowest BCUT2D eigenvalue weighted by Crippen LogP contribution is -2.56. The maximum atomic E-state index is 13.2. The molecule has 13 heteroatoms. The molecule has 3 aliphatic rings. The molecule has 0 unspecified atom stereocenters. The number of carbonyl (C=O) groups excluding carboxylic acids is 2. The average Bonchev–Trinajstić information content (AvgIpc) is 3.69. The molecule has 2 aromatic rings. The van der Waals surface area contributed by atoms with Crippen molar-refractivity contribution in [2.75, 3.05) is 30.8 Å². The fraction of sp³-hybridized carbons (Fsp3) is 0.552. The van der Waals surface area contributed by atoms with Crippen LogP contribution in [0.5, 0.6) is 0 Å². The Labute approximate surface area is 246 Å².